The molecule has 0 radical (unpaired) electrons. The molecule has 2 aromatic rings. The van der Waals surface area contributed by atoms with E-state index in [0.29, 0.717) is 0 Å². The van der Waals surface area contributed by atoms with Crippen molar-refractivity contribution in [3.8, 4) is 11.5 Å². The standard InChI is InChI=1S/C35H48O4/c1-32(2,3)26-17-22(18-27(30(26)38)33(4,5)6)13-15-24(36)21-25(37)16-14-23-19-28(34(7,8)9)31(39)29(20-23)35(10,11)12/h13-20,38-39H,21H2,1-12H3/b15-13+,16-14+. The molecular weight excluding hydrogens is 484 g/mol. The number of benzene rings is 2. The van der Waals surface area contributed by atoms with Crippen molar-refractivity contribution in [1.29, 1.82) is 0 Å². The van der Waals surface area contributed by atoms with Crippen LogP contribution in [0, 0.1) is 0 Å². The molecule has 2 aromatic carbocycles. The zero-order valence-corrected chi connectivity index (χ0v) is 26.0. The molecule has 0 amide bonds. The molecule has 4 nitrogen and oxygen atoms in total. The number of allylic oxidation sites excluding steroid dienone is 2. The smallest absolute Gasteiger partial charge is 0.163 e. The Morgan fingerprint density at radius 1 is 0.538 bits per heavy atom. The Balaban J connectivity index is 2.29. The van der Waals surface area contributed by atoms with Crippen LogP contribution in [0.4, 0.5) is 0 Å². The van der Waals surface area contributed by atoms with E-state index in [9.17, 15) is 19.8 Å². The summed E-state index contributed by atoms with van der Waals surface area (Å²) in [5, 5.41) is 21.8. The fraction of sp³-hybridized carbons (Fsp3) is 0.486. The van der Waals surface area contributed by atoms with Gasteiger partial charge in [-0.2, -0.15) is 0 Å². The van der Waals surface area contributed by atoms with Crippen LogP contribution in [0.1, 0.15) is 123 Å². The molecule has 0 aliphatic carbocycles. The Hall–Kier alpha value is -3.14. The second kappa shape index (κ2) is 11.2. The Morgan fingerprint density at radius 3 is 0.974 bits per heavy atom. The summed E-state index contributed by atoms with van der Waals surface area (Å²) in [6.45, 7) is 24.5. The molecule has 0 saturated carbocycles. The van der Waals surface area contributed by atoms with Crippen molar-refractivity contribution in [2.75, 3.05) is 0 Å². The first-order valence-corrected chi connectivity index (χ1v) is 13.7. The third-order valence-electron chi connectivity index (χ3n) is 6.77. The minimum atomic E-state index is -0.288. The Labute approximate surface area is 235 Å². The number of ketones is 2. The van der Waals surface area contributed by atoms with Gasteiger partial charge in [0.1, 0.15) is 11.5 Å². The second-order valence-electron chi connectivity index (χ2n) is 14.7. The van der Waals surface area contributed by atoms with Crippen LogP contribution in [0.3, 0.4) is 0 Å². The number of phenols is 2. The number of carbonyl (C=O) groups excluding carboxylic acids is 2. The highest BCUT2D eigenvalue weighted by Gasteiger charge is 2.27. The number of hydrogen-bond donors (Lipinski definition) is 2. The maximum atomic E-state index is 12.7. The van der Waals surface area contributed by atoms with Gasteiger partial charge in [-0.05, 0) is 69.2 Å². The molecule has 0 aliphatic heterocycles. The lowest BCUT2D eigenvalue weighted by atomic mass is 9.78. The van der Waals surface area contributed by atoms with Crippen LogP contribution in [0.2, 0.25) is 0 Å². The molecule has 0 unspecified atom stereocenters. The number of carbonyl (C=O) groups is 2. The van der Waals surface area contributed by atoms with Crippen LogP contribution in [-0.2, 0) is 31.2 Å². The lowest BCUT2D eigenvalue weighted by molar-refractivity contribution is -0.121. The first kappa shape index (κ1) is 32.1. The Bertz CT molecular complexity index is 1120. The molecule has 2 N–H and O–H groups in total. The van der Waals surface area contributed by atoms with E-state index < -0.39 is 0 Å². The molecule has 212 valence electrons. The summed E-state index contributed by atoms with van der Waals surface area (Å²) in [6, 6.07) is 7.61. The largest absolute Gasteiger partial charge is 0.507 e. The van der Waals surface area contributed by atoms with Crippen LogP contribution in [0.15, 0.2) is 36.4 Å². The predicted octanol–water partition coefficient (Wildman–Crippen LogP) is 8.54. The third kappa shape index (κ3) is 8.42. The minimum absolute atomic E-state index is 0.236. The summed E-state index contributed by atoms with van der Waals surface area (Å²) in [5.41, 5.74) is 3.82. The van der Waals surface area contributed by atoms with Crippen molar-refractivity contribution in [3.05, 3.63) is 69.8 Å². The fourth-order valence-corrected chi connectivity index (χ4v) is 4.46. The van der Waals surface area contributed by atoms with Gasteiger partial charge in [0.05, 0.1) is 6.42 Å². The van der Waals surface area contributed by atoms with Gasteiger partial charge in [0.15, 0.2) is 11.6 Å². The van der Waals surface area contributed by atoms with Gasteiger partial charge in [-0.15, -0.1) is 0 Å². The first-order valence-electron chi connectivity index (χ1n) is 13.7. The van der Waals surface area contributed by atoms with Gasteiger partial charge in [-0.25, -0.2) is 0 Å². The van der Waals surface area contributed by atoms with Crippen molar-refractivity contribution in [2.45, 2.75) is 111 Å². The predicted molar refractivity (Wildman–Crippen MR) is 164 cm³/mol. The lowest BCUT2D eigenvalue weighted by Gasteiger charge is -2.27. The molecular formula is C35H48O4. The first-order chi connectivity index (χ1) is 17.5. The SMILES string of the molecule is CC(C)(C)c1cc(/C=C/C(=O)CC(=O)/C=C/c2cc(C(C)(C)C)c(O)c(C(C)(C)C)c2)cc(C(C)(C)C)c1O. The summed E-state index contributed by atoms with van der Waals surface area (Å²) < 4.78 is 0. The molecule has 0 aromatic heterocycles. The van der Waals surface area contributed by atoms with Gasteiger partial charge in [0.25, 0.3) is 0 Å². The number of phenolic OH excluding ortho intramolecular Hbond substituents is 2. The van der Waals surface area contributed by atoms with Crippen molar-refractivity contribution in [1.82, 2.24) is 0 Å². The lowest BCUT2D eigenvalue weighted by Crippen LogP contribution is -2.17. The number of hydrogen-bond acceptors (Lipinski definition) is 4. The highest BCUT2D eigenvalue weighted by atomic mass is 16.3. The van der Waals surface area contributed by atoms with Gasteiger partial charge in [0, 0.05) is 22.3 Å². The molecule has 0 heterocycles. The highest BCUT2D eigenvalue weighted by molar-refractivity contribution is 6.10. The summed E-state index contributed by atoms with van der Waals surface area (Å²) in [6.07, 6.45) is 6.07. The molecule has 0 aliphatic rings. The van der Waals surface area contributed by atoms with E-state index in [1.54, 1.807) is 12.2 Å². The quantitative estimate of drug-likeness (QED) is 0.289. The Kier molecular flexibility index (Phi) is 9.17. The monoisotopic (exact) mass is 532 g/mol. The molecule has 0 bridgehead atoms. The zero-order chi connectivity index (χ0) is 30.1. The van der Waals surface area contributed by atoms with E-state index >= 15 is 0 Å². The van der Waals surface area contributed by atoms with Crippen molar-refractivity contribution < 1.29 is 19.8 Å². The van der Waals surface area contributed by atoms with Gasteiger partial charge < -0.3 is 10.2 Å². The molecule has 39 heavy (non-hydrogen) atoms. The minimum Gasteiger partial charge on any atom is -0.507 e. The van der Waals surface area contributed by atoms with Gasteiger partial charge in [-0.3, -0.25) is 9.59 Å². The number of aromatic hydroxyl groups is 2. The molecule has 0 spiro atoms. The molecule has 0 saturated heterocycles. The fourth-order valence-electron chi connectivity index (χ4n) is 4.46. The summed E-state index contributed by atoms with van der Waals surface area (Å²) >= 11 is 0. The van der Waals surface area contributed by atoms with Crippen LogP contribution in [0.25, 0.3) is 12.2 Å². The summed E-state index contributed by atoms with van der Waals surface area (Å²) in [7, 11) is 0. The van der Waals surface area contributed by atoms with Crippen LogP contribution >= 0.6 is 0 Å². The van der Waals surface area contributed by atoms with E-state index in [-0.39, 0.29) is 51.1 Å². The number of rotatable bonds is 6. The second-order valence-corrected chi connectivity index (χ2v) is 14.7. The average molecular weight is 533 g/mol. The topological polar surface area (TPSA) is 74.6 Å². The van der Waals surface area contributed by atoms with Crippen molar-refractivity contribution >= 4 is 23.7 Å². The van der Waals surface area contributed by atoms with Crippen molar-refractivity contribution in [2.24, 2.45) is 0 Å². The summed E-state index contributed by atoms with van der Waals surface area (Å²) in [5.74, 6) is 0.00198. The highest BCUT2D eigenvalue weighted by Crippen LogP contribution is 2.41. The van der Waals surface area contributed by atoms with Gasteiger partial charge in [-0.1, -0.05) is 95.2 Å². The molecule has 4 heteroatoms. The van der Waals surface area contributed by atoms with Crippen LogP contribution in [0.5, 0.6) is 11.5 Å². The van der Waals surface area contributed by atoms with Crippen LogP contribution in [-0.4, -0.2) is 21.8 Å². The maximum absolute atomic E-state index is 12.7. The average Bonchev–Trinajstić information content (AvgIpc) is 2.74. The van der Waals surface area contributed by atoms with E-state index in [1.165, 1.54) is 12.2 Å². The van der Waals surface area contributed by atoms with E-state index in [1.807, 2.05) is 107 Å². The van der Waals surface area contributed by atoms with E-state index in [2.05, 4.69) is 0 Å². The molecule has 2 rings (SSSR count). The van der Waals surface area contributed by atoms with E-state index in [0.717, 1.165) is 33.4 Å². The van der Waals surface area contributed by atoms with Crippen molar-refractivity contribution in [3.63, 3.8) is 0 Å². The zero-order valence-electron chi connectivity index (χ0n) is 26.0. The van der Waals surface area contributed by atoms with E-state index in [4.69, 9.17) is 0 Å². The Morgan fingerprint density at radius 2 is 0.769 bits per heavy atom. The summed E-state index contributed by atoms with van der Waals surface area (Å²) in [4.78, 5) is 25.3. The van der Waals surface area contributed by atoms with Crippen LogP contribution < -0.4 is 0 Å². The van der Waals surface area contributed by atoms with Gasteiger partial charge in [0.2, 0.25) is 0 Å². The maximum Gasteiger partial charge on any atom is 0.163 e. The molecule has 0 atom stereocenters. The molecule has 0 fully saturated rings. The normalized spacial score (nSPS) is 13.4. The third-order valence-corrected chi connectivity index (χ3v) is 6.77. The van der Waals surface area contributed by atoms with Gasteiger partial charge >= 0.3 is 0 Å².